The number of hydrogen-bond donors (Lipinski definition) is 1. The lowest BCUT2D eigenvalue weighted by molar-refractivity contribution is 0.0600. The van der Waals surface area contributed by atoms with E-state index in [0.717, 1.165) is 11.3 Å². The summed E-state index contributed by atoms with van der Waals surface area (Å²) in [6.07, 6.45) is 0. The lowest BCUT2D eigenvalue weighted by Crippen LogP contribution is -2.04. The highest BCUT2D eigenvalue weighted by Gasteiger charge is 2.08. The number of nitrogens with two attached hydrogens (primary N) is 1. The van der Waals surface area contributed by atoms with Crippen molar-refractivity contribution in [3.05, 3.63) is 59.2 Å². The molecule has 0 aliphatic heterocycles. The summed E-state index contributed by atoms with van der Waals surface area (Å²) in [6, 6.07) is 12.9. The van der Waals surface area contributed by atoms with E-state index in [1.54, 1.807) is 24.3 Å². The van der Waals surface area contributed by atoms with Crippen molar-refractivity contribution in [1.29, 1.82) is 0 Å². The monoisotopic (exact) mass is 299 g/mol. The summed E-state index contributed by atoms with van der Waals surface area (Å²) in [5.41, 5.74) is 9.37. The summed E-state index contributed by atoms with van der Waals surface area (Å²) in [5.74, 6) is 0.662. The van der Waals surface area contributed by atoms with Gasteiger partial charge in [-0.3, -0.25) is 0 Å². The molecule has 4 heteroatoms. The van der Waals surface area contributed by atoms with Gasteiger partial charge in [-0.1, -0.05) is 32.0 Å². The van der Waals surface area contributed by atoms with Crippen LogP contribution in [-0.2, 0) is 11.3 Å². The molecule has 0 saturated carbocycles. The van der Waals surface area contributed by atoms with Gasteiger partial charge >= 0.3 is 5.97 Å². The molecule has 2 rings (SSSR count). The molecule has 4 nitrogen and oxygen atoms in total. The fraction of sp³-hybridized carbons (Fsp3) is 0.278. The fourth-order valence-corrected chi connectivity index (χ4v) is 2.10. The minimum absolute atomic E-state index is 0.356. The third-order valence-electron chi connectivity index (χ3n) is 3.49. The van der Waals surface area contributed by atoms with Crippen molar-refractivity contribution in [2.45, 2.75) is 26.4 Å². The van der Waals surface area contributed by atoms with Gasteiger partial charge in [0.15, 0.2) is 0 Å². The third kappa shape index (κ3) is 3.79. The molecule has 0 fully saturated rings. The molecule has 0 bridgehead atoms. The summed E-state index contributed by atoms with van der Waals surface area (Å²) in [5, 5.41) is 0. The Labute approximate surface area is 130 Å². The smallest absolute Gasteiger partial charge is 0.337 e. The van der Waals surface area contributed by atoms with Crippen LogP contribution >= 0.6 is 0 Å². The molecule has 116 valence electrons. The van der Waals surface area contributed by atoms with Gasteiger partial charge in [-0.05, 0) is 35.7 Å². The van der Waals surface area contributed by atoms with E-state index in [1.807, 2.05) is 12.1 Å². The van der Waals surface area contributed by atoms with E-state index in [4.69, 9.17) is 15.2 Å². The van der Waals surface area contributed by atoms with Gasteiger partial charge in [0, 0.05) is 11.3 Å². The van der Waals surface area contributed by atoms with Gasteiger partial charge in [0.05, 0.1) is 12.7 Å². The van der Waals surface area contributed by atoms with Crippen LogP contribution in [0.2, 0.25) is 0 Å². The highest BCUT2D eigenvalue weighted by Crippen LogP contribution is 2.22. The predicted molar refractivity (Wildman–Crippen MR) is 87.1 cm³/mol. The Kier molecular flexibility index (Phi) is 5.04. The molecular formula is C18H21NO3. The van der Waals surface area contributed by atoms with Crippen LogP contribution in [0.5, 0.6) is 5.75 Å². The first-order valence-electron chi connectivity index (χ1n) is 7.20. The standard InChI is InChI=1S/C18H21NO3/c1-12(2)13-7-8-15(17(19)10-13)11-22-16-6-4-5-14(9-16)18(20)21-3/h4-10,12H,11,19H2,1-3H3. The molecule has 0 unspecified atom stereocenters. The van der Waals surface area contributed by atoms with Crippen molar-refractivity contribution < 1.29 is 14.3 Å². The lowest BCUT2D eigenvalue weighted by atomic mass is 10.0. The Hall–Kier alpha value is -2.49. The molecule has 0 atom stereocenters. The van der Waals surface area contributed by atoms with Crippen molar-refractivity contribution in [1.82, 2.24) is 0 Å². The largest absolute Gasteiger partial charge is 0.489 e. The molecule has 2 N–H and O–H groups in total. The zero-order valence-corrected chi connectivity index (χ0v) is 13.1. The molecule has 0 aliphatic carbocycles. The SMILES string of the molecule is COC(=O)c1cccc(OCc2ccc(C(C)C)cc2N)c1. The molecule has 0 aliphatic rings. The summed E-state index contributed by atoms with van der Waals surface area (Å²) in [7, 11) is 1.35. The van der Waals surface area contributed by atoms with Gasteiger partial charge < -0.3 is 15.2 Å². The number of carbonyl (C=O) groups excluding carboxylic acids is 1. The van der Waals surface area contributed by atoms with E-state index in [2.05, 4.69) is 19.9 Å². The number of rotatable bonds is 5. The van der Waals surface area contributed by atoms with Crippen molar-refractivity contribution in [3.63, 3.8) is 0 Å². The highest BCUT2D eigenvalue weighted by molar-refractivity contribution is 5.89. The zero-order chi connectivity index (χ0) is 16.1. The Morgan fingerprint density at radius 3 is 2.59 bits per heavy atom. The van der Waals surface area contributed by atoms with E-state index >= 15 is 0 Å². The Morgan fingerprint density at radius 1 is 1.18 bits per heavy atom. The average Bonchev–Trinajstić information content (AvgIpc) is 2.53. The van der Waals surface area contributed by atoms with Crippen molar-refractivity contribution in [3.8, 4) is 5.75 Å². The van der Waals surface area contributed by atoms with E-state index in [1.165, 1.54) is 12.7 Å². The van der Waals surface area contributed by atoms with Gasteiger partial charge in [-0.2, -0.15) is 0 Å². The second-order valence-corrected chi connectivity index (χ2v) is 5.42. The van der Waals surface area contributed by atoms with E-state index in [9.17, 15) is 4.79 Å². The second kappa shape index (κ2) is 6.98. The fourth-order valence-electron chi connectivity index (χ4n) is 2.10. The molecule has 0 aromatic heterocycles. The number of carbonyl (C=O) groups is 1. The van der Waals surface area contributed by atoms with Gasteiger partial charge in [0.2, 0.25) is 0 Å². The Balaban J connectivity index is 2.08. The van der Waals surface area contributed by atoms with Crippen molar-refractivity contribution in [2.24, 2.45) is 0 Å². The minimum Gasteiger partial charge on any atom is -0.489 e. The van der Waals surface area contributed by atoms with Crippen LogP contribution in [0.3, 0.4) is 0 Å². The number of benzene rings is 2. The molecular weight excluding hydrogens is 278 g/mol. The second-order valence-electron chi connectivity index (χ2n) is 5.42. The molecule has 0 saturated heterocycles. The number of esters is 1. The first-order valence-corrected chi connectivity index (χ1v) is 7.20. The molecule has 0 spiro atoms. The molecule has 2 aromatic rings. The van der Waals surface area contributed by atoms with E-state index in [-0.39, 0.29) is 5.97 Å². The normalized spacial score (nSPS) is 10.5. The van der Waals surface area contributed by atoms with E-state index < -0.39 is 0 Å². The maximum Gasteiger partial charge on any atom is 0.337 e. The van der Waals surface area contributed by atoms with Gasteiger partial charge in [-0.15, -0.1) is 0 Å². The molecule has 0 heterocycles. The number of hydrogen-bond acceptors (Lipinski definition) is 4. The third-order valence-corrected chi connectivity index (χ3v) is 3.49. The zero-order valence-electron chi connectivity index (χ0n) is 13.1. The van der Waals surface area contributed by atoms with Crippen LogP contribution in [0.15, 0.2) is 42.5 Å². The van der Waals surface area contributed by atoms with E-state index in [0.29, 0.717) is 23.8 Å². The number of anilines is 1. The van der Waals surface area contributed by atoms with Crippen LogP contribution < -0.4 is 10.5 Å². The topological polar surface area (TPSA) is 61.5 Å². The molecule has 0 amide bonds. The first-order chi connectivity index (χ1) is 10.5. The summed E-state index contributed by atoms with van der Waals surface area (Å²) in [4.78, 5) is 11.5. The van der Waals surface area contributed by atoms with Gasteiger partial charge in [0.25, 0.3) is 0 Å². The van der Waals surface area contributed by atoms with Crippen LogP contribution in [0.25, 0.3) is 0 Å². The summed E-state index contributed by atoms with van der Waals surface area (Å²) < 4.78 is 10.4. The van der Waals surface area contributed by atoms with Crippen LogP contribution in [0.4, 0.5) is 5.69 Å². The first kappa shape index (κ1) is 15.9. The molecule has 22 heavy (non-hydrogen) atoms. The maximum absolute atomic E-state index is 11.5. The minimum atomic E-state index is -0.383. The Morgan fingerprint density at radius 2 is 1.95 bits per heavy atom. The van der Waals surface area contributed by atoms with Crippen LogP contribution in [-0.4, -0.2) is 13.1 Å². The highest BCUT2D eigenvalue weighted by atomic mass is 16.5. The molecule has 0 radical (unpaired) electrons. The van der Waals surface area contributed by atoms with Crippen molar-refractivity contribution in [2.75, 3.05) is 12.8 Å². The van der Waals surface area contributed by atoms with Crippen molar-refractivity contribution >= 4 is 11.7 Å². The van der Waals surface area contributed by atoms with Gasteiger partial charge in [-0.25, -0.2) is 4.79 Å². The number of ether oxygens (including phenoxy) is 2. The Bertz CT molecular complexity index is 665. The quantitative estimate of drug-likeness (QED) is 0.674. The lowest BCUT2D eigenvalue weighted by Gasteiger charge is -2.12. The van der Waals surface area contributed by atoms with Crippen LogP contribution in [0, 0.1) is 0 Å². The number of nitrogen functional groups attached to an aromatic ring is 1. The summed E-state index contributed by atoms with van der Waals surface area (Å²) >= 11 is 0. The molecule has 2 aromatic carbocycles. The van der Waals surface area contributed by atoms with Gasteiger partial charge in [0.1, 0.15) is 12.4 Å². The average molecular weight is 299 g/mol. The summed E-state index contributed by atoms with van der Waals surface area (Å²) in [6.45, 7) is 4.61. The maximum atomic E-state index is 11.5. The number of methoxy groups -OCH3 is 1. The van der Waals surface area contributed by atoms with Crippen LogP contribution in [0.1, 0.15) is 41.3 Å². The predicted octanol–water partition coefficient (Wildman–Crippen LogP) is 3.76.